The zero-order chi connectivity index (χ0) is 10.3. The molecule has 0 saturated heterocycles. The molecule has 0 atom stereocenters. The van der Waals surface area contributed by atoms with E-state index in [2.05, 4.69) is 9.97 Å². The lowest BCUT2D eigenvalue weighted by atomic mass is 10.2. The molecule has 3 aromatic heterocycles. The first kappa shape index (κ1) is 8.43. The molecule has 15 heavy (non-hydrogen) atoms. The van der Waals surface area contributed by atoms with Gasteiger partial charge in [0.2, 0.25) is 0 Å². The summed E-state index contributed by atoms with van der Waals surface area (Å²) in [6, 6.07) is 3.74. The highest BCUT2D eigenvalue weighted by Gasteiger charge is 2.12. The van der Waals surface area contributed by atoms with Gasteiger partial charge in [0.1, 0.15) is 22.7 Å². The zero-order valence-corrected chi connectivity index (χ0v) is 8.49. The number of thiophene rings is 1. The summed E-state index contributed by atoms with van der Waals surface area (Å²) < 4.78 is 5.34. The van der Waals surface area contributed by atoms with Gasteiger partial charge in [-0.25, -0.2) is 9.97 Å². The number of aromatic nitrogens is 2. The van der Waals surface area contributed by atoms with E-state index < -0.39 is 0 Å². The maximum Gasteiger partial charge on any atom is 0.136 e. The first-order valence-corrected chi connectivity index (χ1v) is 5.26. The molecule has 0 aromatic carbocycles. The summed E-state index contributed by atoms with van der Waals surface area (Å²) in [4.78, 5) is 9.02. The lowest BCUT2D eigenvalue weighted by Gasteiger charge is -1.96. The van der Waals surface area contributed by atoms with Crippen LogP contribution in [0.1, 0.15) is 0 Å². The van der Waals surface area contributed by atoms with Crippen molar-refractivity contribution in [3.63, 3.8) is 0 Å². The van der Waals surface area contributed by atoms with Crippen molar-refractivity contribution in [3.8, 4) is 11.3 Å². The highest BCUT2D eigenvalue weighted by Crippen LogP contribution is 2.35. The minimum absolute atomic E-state index is 0.493. The Hall–Kier alpha value is -1.88. The smallest absolute Gasteiger partial charge is 0.136 e. The molecular formula is C10H7N3OS. The summed E-state index contributed by atoms with van der Waals surface area (Å²) in [6.45, 7) is 0. The molecule has 0 spiro atoms. The molecule has 0 unspecified atom stereocenters. The lowest BCUT2D eigenvalue weighted by molar-refractivity contribution is 0.583. The van der Waals surface area contributed by atoms with Crippen LogP contribution < -0.4 is 5.73 Å². The van der Waals surface area contributed by atoms with Crippen LogP contribution in [0.15, 0.2) is 34.5 Å². The van der Waals surface area contributed by atoms with Crippen molar-refractivity contribution in [2.24, 2.45) is 0 Å². The topological polar surface area (TPSA) is 64.9 Å². The molecule has 4 nitrogen and oxygen atoms in total. The number of furan rings is 1. The van der Waals surface area contributed by atoms with Crippen LogP contribution in [0.5, 0.6) is 0 Å². The molecule has 0 aliphatic heterocycles. The van der Waals surface area contributed by atoms with Gasteiger partial charge < -0.3 is 10.2 Å². The molecule has 0 amide bonds. The Bertz CT molecular complexity index is 600. The number of nitrogen functional groups attached to an aromatic ring is 1. The normalized spacial score (nSPS) is 10.9. The molecule has 0 aliphatic rings. The van der Waals surface area contributed by atoms with E-state index in [1.807, 2.05) is 17.5 Å². The minimum atomic E-state index is 0.493. The van der Waals surface area contributed by atoms with E-state index in [0.717, 1.165) is 21.5 Å². The Kier molecular flexibility index (Phi) is 1.72. The van der Waals surface area contributed by atoms with Gasteiger partial charge in [-0.15, -0.1) is 11.3 Å². The number of fused-ring (bicyclic) bond motifs is 1. The number of nitrogens with two attached hydrogens (primary N) is 1. The van der Waals surface area contributed by atoms with Gasteiger partial charge in [-0.1, -0.05) is 0 Å². The molecule has 2 N–H and O–H groups in total. The minimum Gasteiger partial charge on any atom is -0.464 e. The molecule has 0 fully saturated rings. The number of hydrogen-bond acceptors (Lipinski definition) is 5. The van der Waals surface area contributed by atoms with Crippen LogP contribution in [0.3, 0.4) is 0 Å². The van der Waals surface area contributed by atoms with Crippen LogP contribution in [-0.4, -0.2) is 9.97 Å². The van der Waals surface area contributed by atoms with E-state index in [0.29, 0.717) is 5.82 Å². The largest absolute Gasteiger partial charge is 0.464 e. The van der Waals surface area contributed by atoms with Gasteiger partial charge in [-0.3, -0.25) is 0 Å². The molecule has 5 heteroatoms. The average molecular weight is 217 g/mol. The lowest BCUT2D eigenvalue weighted by Crippen LogP contribution is -1.91. The van der Waals surface area contributed by atoms with Crippen molar-refractivity contribution >= 4 is 27.4 Å². The summed E-state index contributed by atoms with van der Waals surface area (Å²) in [5.41, 5.74) is 6.78. The van der Waals surface area contributed by atoms with E-state index in [-0.39, 0.29) is 0 Å². The Labute approximate surface area is 89.4 Å². The first-order valence-electron chi connectivity index (χ1n) is 4.38. The molecule has 3 aromatic rings. The Morgan fingerprint density at radius 3 is 3.07 bits per heavy atom. The van der Waals surface area contributed by atoms with Crippen molar-refractivity contribution in [2.45, 2.75) is 0 Å². The molecule has 0 saturated carbocycles. The molecule has 0 radical (unpaired) electrons. The van der Waals surface area contributed by atoms with Gasteiger partial charge in [-0.05, 0) is 12.1 Å². The number of nitrogens with zero attached hydrogens (tertiary/aromatic N) is 2. The SMILES string of the molecule is Nc1ncnc2scc(-c3ccco3)c12. The quantitative estimate of drug-likeness (QED) is 0.680. The van der Waals surface area contributed by atoms with E-state index in [1.54, 1.807) is 6.26 Å². The molecule has 3 rings (SSSR count). The Morgan fingerprint density at radius 2 is 2.27 bits per heavy atom. The third-order valence-electron chi connectivity index (χ3n) is 2.19. The number of rotatable bonds is 1. The van der Waals surface area contributed by atoms with E-state index in [9.17, 15) is 0 Å². The van der Waals surface area contributed by atoms with Crippen molar-refractivity contribution < 1.29 is 4.42 Å². The van der Waals surface area contributed by atoms with Crippen molar-refractivity contribution in [1.82, 2.24) is 9.97 Å². The van der Waals surface area contributed by atoms with Gasteiger partial charge in [0.05, 0.1) is 11.6 Å². The summed E-state index contributed by atoms with van der Waals surface area (Å²) in [5.74, 6) is 1.29. The maximum atomic E-state index is 5.82. The van der Waals surface area contributed by atoms with E-state index >= 15 is 0 Å². The van der Waals surface area contributed by atoms with Crippen LogP contribution in [0.2, 0.25) is 0 Å². The van der Waals surface area contributed by atoms with Crippen molar-refractivity contribution in [1.29, 1.82) is 0 Å². The monoisotopic (exact) mass is 217 g/mol. The number of anilines is 1. The predicted octanol–water partition coefficient (Wildman–Crippen LogP) is 2.53. The third kappa shape index (κ3) is 1.20. The van der Waals surface area contributed by atoms with Gasteiger partial charge >= 0.3 is 0 Å². The standard InChI is InChI=1S/C10H7N3OS/c11-9-8-6(7-2-1-3-14-7)4-15-10(8)13-5-12-9/h1-5H,(H2,11,12,13). The molecule has 0 bridgehead atoms. The van der Waals surface area contributed by atoms with Crippen molar-refractivity contribution in [2.75, 3.05) is 5.73 Å². The van der Waals surface area contributed by atoms with Gasteiger partial charge in [0, 0.05) is 10.9 Å². The van der Waals surface area contributed by atoms with Crippen LogP contribution in [0, 0.1) is 0 Å². The van der Waals surface area contributed by atoms with Crippen LogP contribution in [0.25, 0.3) is 21.5 Å². The number of hydrogen-bond donors (Lipinski definition) is 1. The fourth-order valence-corrected chi connectivity index (χ4v) is 2.42. The highest BCUT2D eigenvalue weighted by atomic mass is 32.1. The third-order valence-corrected chi connectivity index (χ3v) is 3.07. The maximum absolute atomic E-state index is 5.82. The zero-order valence-electron chi connectivity index (χ0n) is 7.68. The molecule has 74 valence electrons. The van der Waals surface area contributed by atoms with E-state index in [1.165, 1.54) is 17.7 Å². The average Bonchev–Trinajstić information content (AvgIpc) is 2.85. The predicted molar refractivity (Wildman–Crippen MR) is 59.5 cm³/mol. The highest BCUT2D eigenvalue weighted by molar-refractivity contribution is 7.17. The van der Waals surface area contributed by atoms with Crippen LogP contribution in [-0.2, 0) is 0 Å². The van der Waals surface area contributed by atoms with Crippen LogP contribution in [0.4, 0.5) is 5.82 Å². The first-order chi connectivity index (χ1) is 7.36. The molecule has 0 aliphatic carbocycles. The van der Waals surface area contributed by atoms with Gasteiger partial charge in [-0.2, -0.15) is 0 Å². The second kappa shape index (κ2) is 3.06. The van der Waals surface area contributed by atoms with E-state index in [4.69, 9.17) is 10.2 Å². The molecular weight excluding hydrogens is 210 g/mol. The summed E-state index contributed by atoms with van der Waals surface area (Å²) in [5, 5.41) is 2.85. The second-order valence-corrected chi connectivity index (χ2v) is 3.92. The summed E-state index contributed by atoms with van der Waals surface area (Å²) in [7, 11) is 0. The van der Waals surface area contributed by atoms with Crippen molar-refractivity contribution in [3.05, 3.63) is 30.1 Å². The Morgan fingerprint density at radius 1 is 1.33 bits per heavy atom. The second-order valence-electron chi connectivity index (χ2n) is 3.07. The summed E-state index contributed by atoms with van der Waals surface area (Å²) in [6.07, 6.45) is 3.11. The fraction of sp³-hybridized carbons (Fsp3) is 0. The molecule has 3 heterocycles. The van der Waals surface area contributed by atoms with Gasteiger partial charge in [0.15, 0.2) is 0 Å². The van der Waals surface area contributed by atoms with Crippen LogP contribution >= 0.6 is 11.3 Å². The Balaban J connectivity index is 2.37. The summed E-state index contributed by atoms with van der Waals surface area (Å²) >= 11 is 1.54. The van der Waals surface area contributed by atoms with Gasteiger partial charge in [0.25, 0.3) is 0 Å². The fourth-order valence-electron chi connectivity index (χ4n) is 1.51.